The molecule has 2 aromatic carbocycles. The molecule has 1 amide bonds. The van der Waals surface area contributed by atoms with Crippen LogP contribution in [-0.4, -0.2) is 5.91 Å². The molecule has 2 rings (SSSR count). The maximum absolute atomic E-state index is 13.5. The highest BCUT2D eigenvalue weighted by Crippen LogP contribution is 2.17. The van der Waals surface area contributed by atoms with Gasteiger partial charge in [-0.1, -0.05) is 27.5 Å². The molecule has 0 saturated heterocycles. The van der Waals surface area contributed by atoms with Crippen LogP contribution in [0.5, 0.6) is 0 Å². The quantitative estimate of drug-likeness (QED) is 0.879. The molecule has 2 aromatic rings. The highest BCUT2D eigenvalue weighted by Gasteiger charge is 2.09. The Morgan fingerprint density at radius 1 is 1.21 bits per heavy atom. The normalized spacial score (nSPS) is 10.3. The van der Waals surface area contributed by atoms with Gasteiger partial charge in [-0.3, -0.25) is 4.79 Å². The zero-order chi connectivity index (χ0) is 13.8. The molecule has 1 N–H and O–H groups in total. The summed E-state index contributed by atoms with van der Waals surface area (Å²) in [6, 6.07) is 11.3. The van der Waals surface area contributed by atoms with E-state index in [4.69, 9.17) is 11.6 Å². The molecule has 0 aliphatic carbocycles. The predicted octanol–water partition coefficient (Wildman–Crippen LogP) is 4.42. The highest BCUT2D eigenvalue weighted by molar-refractivity contribution is 9.10. The molecule has 0 aliphatic rings. The van der Waals surface area contributed by atoms with Crippen LogP contribution in [0.2, 0.25) is 5.02 Å². The standard InChI is InChI=1S/C14H10BrClFNO/c15-10-1-6-13(17)9(7-10)8-14(19)18-12-4-2-11(16)3-5-12/h1-7H,8H2,(H,18,19). The lowest BCUT2D eigenvalue weighted by molar-refractivity contribution is -0.115. The molecule has 0 spiro atoms. The van der Waals surface area contributed by atoms with Crippen LogP contribution in [0.15, 0.2) is 46.9 Å². The van der Waals surface area contributed by atoms with Crippen molar-refractivity contribution >= 4 is 39.1 Å². The van der Waals surface area contributed by atoms with Gasteiger partial charge >= 0.3 is 0 Å². The Morgan fingerprint density at radius 3 is 2.58 bits per heavy atom. The lowest BCUT2D eigenvalue weighted by Gasteiger charge is -2.06. The average Bonchev–Trinajstić information content (AvgIpc) is 2.37. The van der Waals surface area contributed by atoms with Crippen molar-refractivity contribution in [1.29, 1.82) is 0 Å². The van der Waals surface area contributed by atoms with Crippen LogP contribution in [0.3, 0.4) is 0 Å². The molecule has 0 fully saturated rings. The van der Waals surface area contributed by atoms with E-state index in [0.717, 1.165) is 4.47 Å². The number of nitrogens with one attached hydrogen (secondary N) is 1. The second-order valence-electron chi connectivity index (χ2n) is 3.97. The number of halogens is 3. The largest absolute Gasteiger partial charge is 0.326 e. The Labute approximate surface area is 123 Å². The molecule has 19 heavy (non-hydrogen) atoms. The predicted molar refractivity (Wildman–Crippen MR) is 77.9 cm³/mol. The van der Waals surface area contributed by atoms with Crippen LogP contribution < -0.4 is 5.32 Å². The molecule has 0 saturated carbocycles. The van der Waals surface area contributed by atoms with Crippen LogP contribution in [-0.2, 0) is 11.2 Å². The van der Waals surface area contributed by atoms with Crippen LogP contribution in [0.4, 0.5) is 10.1 Å². The van der Waals surface area contributed by atoms with Gasteiger partial charge in [-0.05, 0) is 48.0 Å². The van der Waals surface area contributed by atoms with Gasteiger partial charge in [0, 0.05) is 15.2 Å². The van der Waals surface area contributed by atoms with Gasteiger partial charge in [0.25, 0.3) is 0 Å². The zero-order valence-electron chi connectivity index (χ0n) is 9.79. The molecule has 0 bridgehead atoms. The number of amides is 1. The van der Waals surface area contributed by atoms with Gasteiger partial charge in [0.2, 0.25) is 5.91 Å². The Hall–Kier alpha value is -1.39. The molecular formula is C14H10BrClFNO. The van der Waals surface area contributed by atoms with Crippen molar-refractivity contribution in [2.24, 2.45) is 0 Å². The van der Waals surface area contributed by atoms with E-state index < -0.39 is 5.82 Å². The summed E-state index contributed by atoms with van der Waals surface area (Å²) in [5.74, 6) is -0.672. The summed E-state index contributed by atoms with van der Waals surface area (Å²) in [6.45, 7) is 0. The van der Waals surface area contributed by atoms with Crippen molar-refractivity contribution in [2.75, 3.05) is 5.32 Å². The van der Waals surface area contributed by atoms with Crippen LogP contribution in [0, 0.1) is 5.82 Å². The summed E-state index contributed by atoms with van der Waals surface area (Å²) in [6.07, 6.45) is -0.0199. The van der Waals surface area contributed by atoms with Crippen molar-refractivity contribution in [2.45, 2.75) is 6.42 Å². The fraction of sp³-hybridized carbons (Fsp3) is 0.0714. The average molecular weight is 343 g/mol. The van der Waals surface area contributed by atoms with Crippen LogP contribution in [0.1, 0.15) is 5.56 Å². The van der Waals surface area contributed by atoms with Gasteiger partial charge in [-0.2, -0.15) is 0 Å². The molecule has 0 heterocycles. The number of carbonyl (C=O) groups excluding carboxylic acids is 1. The third kappa shape index (κ3) is 4.04. The first kappa shape index (κ1) is 14.0. The number of carbonyl (C=O) groups is 1. The third-order valence-electron chi connectivity index (χ3n) is 2.49. The fourth-order valence-corrected chi connectivity index (χ4v) is 2.12. The van der Waals surface area contributed by atoms with E-state index in [2.05, 4.69) is 21.2 Å². The Bertz CT molecular complexity index is 601. The Morgan fingerprint density at radius 2 is 1.89 bits per heavy atom. The van der Waals surface area contributed by atoms with E-state index in [1.165, 1.54) is 6.07 Å². The summed E-state index contributed by atoms with van der Waals surface area (Å²) in [4.78, 5) is 11.8. The zero-order valence-corrected chi connectivity index (χ0v) is 12.1. The van der Waals surface area contributed by atoms with Crippen LogP contribution in [0.25, 0.3) is 0 Å². The first-order valence-corrected chi connectivity index (χ1v) is 6.71. The molecule has 98 valence electrons. The number of hydrogen-bond donors (Lipinski definition) is 1. The van der Waals surface area contributed by atoms with Gasteiger partial charge in [-0.25, -0.2) is 4.39 Å². The lowest BCUT2D eigenvalue weighted by atomic mass is 10.1. The first-order chi connectivity index (χ1) is 9.04. The number of anilines is 1. The van der Waals surface area contributed by atoms with Crippen molar-refractivity contribution in [3.8, 4) is 0 Å². The maximum atomic E-state index is 13.5. The molecule has 0 aliphatic heterocycles. The lowest BCUT2D eigenvalue weighted by Crippen LogP contribution is -2.15. The maximum Gasteiger partial charge on any atom is 0.228 e. The van der Waals surface area contributed by atoms with Crippen molar-refractivity contribution in [1.82, 2.24) is 0 Å². The minimum absolute atomic E-state index is 0.0199. The molecule has 5 heteroatoms. The Kier molecular flexibility index (Phi) is 4.56. The number of benzene rings is 2. The van der Waals surface area contributed by atoms with E-state index in [1.54, 1.807) is 36.4 Å². The molecule has 0 unspecified atom stereocenters. The van der Waals surface area contributed by atoms with E-state index >= 15 is 0 Å². The molecule has 2 nitrogen and oxygen atoms in total. The molecule has 0 aromatic heterocycles. The van der Waals surface area contributed by atoms with Gasteiger partial charge in [-0.15, -0.1) is 0 Å². The topological polar surface area (TPSA) is 29.1 Å². The third-order valence-corrected chi connectivity index (χ3v) is 3.23. The van der Waals surface area contributed by atoms with E-state index in [0.29, 0.717) is 16.3 Å². The second kappa shape index (κ2) is 6.17. The van der Waals surface area contributed by atoms with E-state index in [9.17, 15) is 9.18 Å². The van der Waals surface area contributed by atoms with E-state index in [1.807, 2.05) is 0 Å². The monoisotopic (exact) mass is 341 g/mol. The number of rotatable bonds is 3. The summed E-state index contributed by atoms with van der Waals surface area (Å²) in [7, 11) is 0. The SMILES string of the molecule is O=C(Cc1cc(Br)ccc1F)Nc1ccc(Cl)cc1. The Balaban J connectivity index is 2.05. The fourth-order valence-electron chi connectivity index (χ4n) is 1.59. The molecule has 0 radical (unpaired) electrons. The smallest absolute Gasteiger partial charge is 0.228 e. The van der Waals surface area contributed by atoms with Gasteiger partial charge in [0.15, 0.2) is 0 Å². The van der Waals surface area contributed by atoms with Gasteiger partial charge in [0.05, 0.1) is 6.42 Å². The summed E-state index contributed by atoms with van der Waals surface area (Å²) >= 11 is 9.00. The first-order valence-electron chi connectivity index (χ1n) is 5.54. The number of hydrogen-bond acceptors (Lipinski definition) is 1. The molecule has 0 atom stereocenters. The van der Waals surface area contributed by atoms with Crippen molar-refractivity contribution in [3.05, 3.63) is 63.3 Å². The van der Waals surface area contributed by atoms with Crippen LogP contribution >= 0.6 is 27.5 Å². The van der Waals surface area contributed by atoms with Gasteiger partial charge in [0.1, 0.15) is 5.82 Å². The highest BCUT2D eigenvalue weighted by atomic mass is 79.9. The summed E-state index contributed by atoms with van der Waals surface area (Å²) < 4.78 is 14.2. The van der Waals surface area contributed by atoms with E-state index in [-0.39, 0.29) is 12.3 Å². The minimum Gasteiger partial charge on any atom is -0.326 e. The van der Waals surface area contributed by atoms with Crippen molar-refractivity contribution in [3.63, 3.8) is 0 Å². The summed E-state index contributed by atoms with van der Waals surface area (Å²) in [5.41, 5.74) is 0.977. The minimum atomic E-state index is -0.394. The second-order valence-corrected chi connectivity index (χ2v) is 5.32. The molecular weight excluding hydrogens is 333 g/mol. The summed E-state index contributed by atoms with van der Waals surface area (Å²) in [5, 5.41) is 3.28. The van der Waals surface area contributed by atoms with Crippen molar-refractivity contribution < 1.29 is 9.18 Å². The van der Waals surface area contributed by atoms with Gasteiger partial charge < -0.3 is 5.32 Å².